The van der Waals surface area contributed by atoms with Crippen LogP contribution in [0, 0.1) is 0 Å². The largest absolute Gasteiger partial charge is 0.492 e. The highest BCUT2D eigenvalue weighted by molar-refractivity contribution is 5.98. The van der Waals surface area contributed by atoms with Crippen molar-refractivity contribution in [1.82, 2.24) is 9.97 Å². The molecule has 1 aliphatic heterocycles. The van der Waals surface area contributed by atoms with Gasteiger partial charge in [0.1, 0.15) is 5.75 Å². The molecule has 4 nitrogen and oxygen atoms in total. The molecule has 1 aliphatic rings. The Bertz CT molecular complexity index is 871. The Morgan fingerprint density at radius 2 is 1.66 bits per heavy atom. The summed E-state index contributed by atoms with van der Waals surface area (Å²) in [4.78, 5) is 11.6. The third-order valence-electron chi connectivity index (χ3n) is 6.07. The number of aromatic nitrogens is 2. The molecule has 0 saturated heterocycles. The van der Waals surface area contributed by atoms with Crippen molar-refractivity contribution in [3.63, 3.8) is 0 Å². The Hall–Kier alpha value is -2.49. The van der Waals surface area contributed by atoms with Gasteiger partial charge in [0.15, 0.2) is 0 Å². The summed E-state index contributed by atoms with van der Waals surface area (Å²) in [7, 11) is 0. The molecule has 0 atom stereocenters. The van der Waals surface area contributed by atoms with Gasteiger partial charge in [0.25, 0.3) is 0 Å². The fourth-order valence-electron chi connectivity index (χ4n) is 4.23. The molecule has 2 N–H and O–H groups in total. The van der Waals surface area contributed by atoms with E-state index < -0.39 is 0 Å². The van der Waals surface area contributed by atoms with Crippen molar-refractivity contribution in [2.75, 3.05) is 6.61 Å². The number of unbranched alkanes of at least 4 members (excludes halogenated alkanes) is 9. The molecule has 0 spiro atoms. The lowest BCUT2D eigenvalue weighted by Crippen LogP contribution is -1.94. The Labute approximate surface area is 194 Å². The summed E-state index contributed by atoms with van der Waals surface area (Å²) >= 11 is 0. The second-order valence-corrected chi connectivity index (χ2v) is 8.74. The number of aromatic amines is 2. The van der Waals surface area contributed by atoms with Crippen molar-refractivity contribution in [2.45, 2.75) is 90.9 Å². The molecule has 4 heteroatoms. The first-order chi connectivity index (χ1) is 15.8. The Kier molecular flexibility index (Phi) is 10.4. The van der Waals surface area contributed by atoms with Gasteiger partial charge < -0.3 is 14.7 Å². The molecule has 0 saturated carbocycles. The summed E-state index contributed by atoms with van der Waals surface area (Å²) in [5, 5.41) is 0. The van der Waals surface area contributed by atoms with Crippen molar-refractivity contribution < 1.29 is 4.74 Å². The highest BCUT2D eigenvalue weighted by Gasteiger charge is 2.11. The van der Waals surface area contributed by atoms with Crippen molar-refractivity contribution in [3.05, 3.63) is 54.0 Å². The number of nitrogens with zero attached hydrogens (tertiary/aromatic N) is 1. The number of aliphatic imine (C=N–C) groups is 1. The minimum atomic E-state index is 0.659. The summed E-state index contributed by atoms with van der Waals surface area (Å²) in [6.45, 7) is 4.96. The van der Waals surface area contributed by atoms with Gasteiger partial charge >= 0.3 is 0 Å². The number of allylic oxidation sites excluding steroid dienone is 3. The van der Waals surface area contributed by atoms with E-state index >= 15 is 0 Å². The smallest absolute Gasteiger partial charge is 0.140 e. The highest BCUT2D eigenvalue weighted by atomic mass is 16.5. The van der Waals surface area contributed by atoms with Crippen LogP contribution in [0.2, 0.25) is 0 Å². The van der Waals surface area contributed by atoms with Gasteiger partial charge in [0, 0.05) is 24.4 Å². The number of nitrogens with one attached hydrogen (secondary N) is 2. The van der Waals surface area contributed by atoms with Crippen molar-refractivity contribution in [2.24, 2.45) is 4.99 Å². The van der Waals surface area contributed by atoms with Crippen LogP contribution in [0.1, 0.15) is 90.2 Å². The first kappa shape index (κ1) is 24.2. The van der Waals surface area contributed by atoms with Crippen molar-refractivity contribution >= 4 is 5.71 Å². The molecule has 0 aliphatic carbocycles. The molecule has 2 aromatic rings. The second-order valence-electron chi connectivity index (χ2n) is 8.74. The first-order valence-corrected chi connectivity index (χ1v) is 12.7. The average molecular weight is 436 g/mol. The van der Waals surface area contributed by atoms with E-state index in [1.54, 1.807) is 0 Å². The van der Waals surface area contributed by atoms with E-state index in [9.17, 15) is 0 Å². The van der Waals surface area contributed by atoms with E-state index in [0.717, 1.165) is 41.4 Å². The van der Waals surface area contributed by atoms with E-state index in [2.05, 4.69) is 47.3 Å². The van der Waals surface area contributed by atoms with Gasteiger partial charge in [-0.15, -0.1) is 0 Å². The molecule has 32 heavy (non-hydrogen) atoms. The molecule has 0 radical (unpaired) electrons. The topological polar surface area (TPSA) is 53.2 Å². The molecule has 0 bridgehead atoms. The monoisotopic (exact) mass is 435 g/mol. The zero-order chi connectivity index (χ0) is 22.4. The number of rotatable bonds is 16. The lowest BCUT2D eigenvalue weighted by Gasteiger charge is -2.03. The van der Waals surface area contributed by atoms with Crippen LogP contribution in [-0.2, 0) is 6.42 Å². The third-order valence-corrected chi connectivity index (χ3v) is 6.07. The maximum Gasteiger partial charge on any atom is 0.140 e. The normalized spacial score (nSPS) is 14.4. The van der Waals surface area contributed by atoms with Crippen LogP contribution in [-0.4, -0.2) is 22.3 Å². The van der Waals surface area contributed by atoms with Crippen LogP contribution >= 0.6 is 0 Å². The fraction of sp³-hybridized carbons (Fsp3) is 0.536. The third kappa shape index (κ3) is 7.89. The van der Waals surface area contributed by atoms with E-state index in [4.69, 9.17) is 9.73 Å². The van der Waals surface area contributed by atoms with Crippen molar-refractivity contribution in [1.29, 1.82) is 0 Å². The summed E-state index contributed by atoms with van der Waals surface area (Å²) in [6, 6.07) is 6.15. The predicted molar refractivity (Wildman–Crippen MR) is 137 cm³/mol. The van der Waals surface area contributed by atoms with Crippen LogP contribution in [0.3, 0.4) is 0 Å². The van der Waals surface area contributed by atoms with Gasteiger partial charge in [-0.25, -0.2) is 0 Å². The summed E-state index contributed by atoms with van der Waals surface area (Å²) in [6.07, 6.45) is 24.1. The molecule has 0 aromatic carbocycles. The molecular formula is C28H41N3O. The van der Waals surface area contributed by atoms with Crippen molar-refractivity contribution in [3.8, 4) is 17.1 Å². The zero-order valence-corrected chi connectivity index (χ0v) is 20.1. The highest BCUT2D eigenvalue weighted by Crippen LogP contribution is 2.28. The van der Waals surface area contributed by atoms with Gasteiger partial charge in [0.05, 0.1) is 29.4 Å². The number of ether oxygens (including phenoxy) is 1. The van der Waals surface area contributed by atoms with Gasteiger partial charge in [-0.2, -0.15) is 0 Å². The Morgan fingerprint density at radius 1 is 0.906 bits per heavy atom. The van der Waals surface area contributed by atoms with Gasteiger partial charge in [-0.1, -0.05) is 70.8 Å². The van der Waals surface area contributed by atoms with Crippen LogP contribution in [0.5, 0.6) is 5.75 Å². The molecule has 2 aromatic heterocycles. The van der Waals surface area contributed by atoms with E-state index in [0.29, 0.717) is 6.61 Å². The first-order valence-electron chi connectivity index (χ1n) is 12.7. The molecule has 0 fully saturated rings. The molecule has 3 rings (SSSR count). The maximum absolute atomic E-state index is 5.84. The van der Waals surface area contributed by atoms with E-state index in [1.165, 1.54) is 69.9 Å². The number of hydrogen-bond donors (Lipinski definition) is 2. The molecule has 0 amide bonds. The maximum atomic E-state index is 5.84. The Morgan fingerprint density at radius 3 is 2.34 bits per heavy atom. The summed E-state index contributed by atoms with van der Waals surface area (Å²) in [5.41, 5.74) is 5.50. The van der Waals surface area contributed by atoms with Crippen LogP contribution in [0.15, 0.2) is 53.3 Å². The van der Waals surface area contributed by atoms with E-state index in [1.807, 2.05) is 19.2 Å². The second kappa shape index (κ2) is 13.8. The number of H-pyrrole nitrogens is 2. The van der Waals surface area contributed by atoms with Crippen LogP contribution in [0.4, 0.5) is 0 Å². The Balaban J connectivity index is 1.39. The molecule has 3 heterocycles. The quantitative estimate of drug-likeness (QED) is 0.257. The van der Waals surface area contributed by atoms with Gasteiger partial charge in [0.2, 0.25) is 0 Å². The summed E-state index contributed by atoms with van der Waals surface area (Å²) in [5.74, 6) is 0.922. The average Bonchev–Trinajstić information content (AvgIpc) is 3.55. The molecule has 174 valence electrons. The minimum Gasteiger partial charge on any atom is -0.492 e. The van der Waals surface area contributed by atoms with Crippen LogP contribution < -0.4 is 4.74 Å². The van der Waals surface area contributed by atoms with Crippen LogP contribution in [0.25, 0.3) is 11.4 Å². The summed E-state index contributed by atoms with van der Waals surface area (Å²) < 4.78 is 5.84. The minimum absolute atomic E-state index is 0.659. The lowest BCUT2D eigenvalue weighted by molar-refractivity contribution is 0.337. The number of hydrogen-bond acceptors (Lipinski definition) is 2. The molecular weight excluding hydrogens is 394 g/mol. The zero-order valence-electron chi connectivity index (χ0n) is 20.1. The van der Waals surface area contributed by atoms with Gasteiger partial charge in [-0.3, -0.25) is 4.99 Å². The fourth-order valence-corrected chi connectivity index (χ4v) is 4.23. The van der Waals surface area contributed by atoms with Gasteiger partial charge in [-0.05, 0) is 44.1 Å². The van der Waals surface area contributed by atoms with E-state index in [-0.39, 0.29) is 0 Å². The SMILES string of the molecule is CCCCCCCCCCCCC1=NC(=CCc2[nH]c(-c3ccc[nH]3)cc2OCC)C=C1. The molecule has 0 unspecified atom stereocenters. The predicted octanol–water partition coefficient (Wildman–Crippen LogP) is 8.16. The standard InChI is InChI=1S/C28H41N3O/c1-3-5-6-7-8-9-10-11-12-13-15-23-17-18-24(30-23)19-20-26-28(32-4-2)22-27(31-26)25-16-14-21-29-25/h14,16-19,21-22,29,31H,3-13,15,20H2,1-2H3. The lowest BCUT2D eigenvalue weighted by atomic mass is 10.0.